The number of nitrogens with zero attached hydrogens (tertiary/aromatic N) is 2. The fourth-order valence-corrected chi connectivity index (χ4v) is 6.40. The van der Waals surface area contributed by atoms with Gasteiger partial charge in [0, 0.05) is 16.7 Å². The number of Topliss-reactive ketones (excluding diaryl/α,β-unsaturated/α-hetero) is 1. The molecule has 10 nitrogen and oxygen atoms in total. The molecule has 2 aromatic rings. The Morgan fingerprint density at radius 2 is 1.58 bits per heavy atom. The van der Waals surface area contributed by atoms with E-state index >= 15 is 0 Å². The quantitative estimate of drug-likeness (QED) is 0.578. The molecule has 36 heavy (non-hydrogen) atoms. The Bertz CT molecular complexity index is 1310. The van der Waals surface area contributed by atoms with Gasteiger partial charge in [-0.1, -0.05) is 6.07 Å². The normalized spacial score (nSPS) is 24.7. The van der Waals surface area contributed by atoms with Gasteiger partial charge >= 0.3 is 0 Å². The summed E-state index contributed by atoms with van der Waals surface area (Å²) in [5, 5.41) is 33.0. The molecule has 0 spiro atoms. The largest absolute Gasteiger partial charge is 0.507 e. The molecule has 0 aromatic heterocycles. The first kappa shape index (κ1) is 24.2. The zero-order valence-electron chi connectivity index (χ0n) is 21.1. The summed E-state index contributed by atoms with van der Waals surface area (Å²) in [6.07, 6.45) is 0.321. The van der Waals surface area contributed by atoms with E-state index in [-0.39, 0.29) is 40.0 Å². The van der Waals surface area contributed by atoms with Crippen molar-refractivity contribution in [1.82, 2.24) is 9.80 Å². The maximum absolute atomic E-state index is 14.2. The van der Waals surface area contributed by atoms with Crippen LogP contribution in [0, 0.1) is 13.8 Å². The van der Waals surface area contributed by atoms with Crippen molar-refractivity contribution in [3.8, 4) is 28.7 Å². The second kappa shape index (κ2) is 8.28. The maximum atomic E-state index is 14.2. The monoisotopic (exact) mass is 498 g/mol. The lowest BCUT2D eigenvalue weighted by molar-refractivity contribution is -0.155. The molecule has 0 radical (unpaired) electrons. The fraction of sp³-hybridized carbons (Fsp3) is 0.462. The summed E-state index contributed by atoms with van der Waals surface area (Å²) in [6.45, 7) is 2.91. The van der Waals surface area contributed by atoms with Gasteiger partial charge in [0.05, 0.1) is 51.6 Å². The van der Waals surface area contributed by atoms with Crippen LogP contribution in [0.15, 0.2) is 6.07 Å². The number of rotatable bonds is 4. The molecule has 192 valence electrons. The summed E-state index contributed by atoms with van der Waals surface area (Å²) >= 11 is 0. The summed E-state index contributed by atoms with van der Waals surface area (Å²) in [5.41, 5.74) is 2.49. The van der Waals surface area contributed by atoms with E-state index in [4.69, 9.17) is 14.2 Å². The van der Waals surface area contributed by atoms with Gasteiger partial charge in [0.2, 0.25) is 5.91 Å². The zero-order chi connectivity index (χ0) is 26.2. The molecule has 0 saturated carbocycles. The number of phenols is 2. The standard InChI is InChI=1S/C26H30N2O8/c1-10-7-12-8-13-26(33)28-14(9-29)16-17(20(30)11(2)24(35-5)25(16)36-6)21(31)19(28)18(27(13)3)15(12)22(32)23(10)34-4/h7,13-14,18-19,29-30,32H,8-9H2,1-6H3/t13?,14-,18?,19?/m0/s1. The number of hydrogen-bond donors (Lipinski definition) is 3. The predicted octanol–water partition coefficient (Wildman–Crippen LogP) is 1.78. The predicted molar refractivity (Wildman–Crippen MR) is 128 cm³/mol. The molecule has 1 fully saturated rings. The number of likely N-dealkylation sites (N-methyl/N-ethyl adjacent to an activating group) is 1. The molecule has 3 aliphatic rings. The number of aryl methyl sites for hydroxylation is 1. The Hall–Kier alpha value is -3.50. The molecule has 0 aliphatic carbocycles. The molecule has 5 rings (SSSR count). The molecule has 3 unspecified atom stereocenters. The molecular weight excluding hydrogens is 468 g/mol. The molecule has 3 aliphatic heterocycles. The molecule has 4 atom stereocenters. The van der Waals surface area contributed by atoms with Crippen LogP contribution >= 0.6 is 0 Å². The van der Waals surface area contributed by atoms with Crippen molar-refractivity contribution in [3.05, 3.63) is 39.4 Å². The van der Waals surface area contributed by atoms with Crippen LogP contribution in [-0.4, -0.2) is 83.9 Å². The number of aliphatic hydroxyl groups excluding tert-OH is 1. The number of phenolic OH excluding ortho intramolecular Hbond substituents is 2. The van der Waals surface area contributed by atoms with Gasteiger partial charge in [-0.05, 0) is 38.4 Å². The Kier molecular flexibility index (Phi) is 5.57. The minimum Gasteiger partial charge on any atom is -0.507 e. The van der Waals surface area contributed by atoms with Crippen molar-refractivity contribution in [1.29, 1.82) is 0 Å². The summed E-state index contributed by atoms with van der Waals surface area (Å²) in [7, 11) is 6.03. The highest BCUT2D eigenvalue weighted by Gasteiger charge is 2.58. The maximum Gasteiger partial charge on any atom is 0.241 e. The molecule has 2 aromatic carbocycles. The number of carbonyl (C=O) groups is 2. The Morgan fingerprint density at radius 1 is 0.944 bits per heavy atom. The third-order valence-electron chi connectivity index (χ3n) is 7.96. The number of amides is 1. The second-order valence-electron chi connectivity index (χ2n) is 9.56. The number of ether oxygens (including phenoxy) is 3. The number of aliphatic hydroxyl groups is 1. The lowest BCUT2D eigenvalue weighted by Gasteiger charge is -2.56. The van der Waals surface area contributed by atoms with Gasteiger partial charge in [-0.25, -0.2) is 0 Å². The number of ketones is 1. The lowest BCUT2D eigenvalue weighted by atomic mass is 9.73. The van der Waals surface area contributed by atoms with Gasteiger partial charge in [-0.15, -0.1) is 0 Å². The number of hydrogen-bond acceptors (Lipinski definition) is 9. The van der Waals surface area contributed by atoms with Crippen LogP contribution in [0.3, 0.4) is 0 Å². The minimum atomic E-state index is -1.11. The molecule has 1 amide bonds. The van der Waals surface area contributed by atoms with Crippen LogP contribution in [0.4, 0.5) is 0 Å². The van der Waals surface area contributed by atoms with Gasteiger partial charge in [-0.3, -0.25) is 14.5 Å². The van der Waals surface area contributed by atoms with E-state index in [0.717, 1.165) is 11.1 Å². The highest BCUT2D eigenvalue weighted by atomic mass is 16.5. The first-order valence-electron chi connectivity index (χ1n) is 11.7. The minimum absolute atomic E-state index is 0.0178. The van der Waals surface area contributed by atoms with E-state index in [2.05, 4.69) is 0 Å². The molecule has 3 N–H and O–H groups in total. The summed E-state index contributed by atoms with van der Waals surface area (Å²) in [6, 6.07) is -1.54. The van der Waals surface area contributed by atoms with Gasteiger partial charge in [0.1, 0.15) is 11.8 Å². The van der Waals surface area contributed by atoms with Crippen LogP contribution in [0.1, 0.15) is 50.3 Å². The summed E-state index contributed by atoms with van der Waals surface area (Å²) in [4.78, 5) is 31.3. The summed E-state index contributed by atoms with van der Waals surface area (Å²) < 4.78 is 16.5. The van der Waals surface area contributed by atoms with Crippen LogP contribution in [0.2, 0.25) is 0 Å². The van der Waals surface area contributed by atoms with Gasteiger partial charge in [0.25, 0.3) is 0 Å². The van der Waals surface area contributed by atoms with Gasteiger partial charge < -0.3 is 34.4 Å². The first-order chi connectivity index (χ1) is 17.1. The summed E-state index contributed by atoms with van der Waals surface area (Å²) in [5.74, 6) is -0.483. The highest BCUT2D eigenvalue weighted by Crippen LogP contribution is 2.56. The highest BCUT2D eigenvalue weighted by molar-refractivity contribution is 6.10. The number of piperazine rings is 1. The van der Waals surface area contributed by atoms with Crippen LogP contribution in [-0.2, 0) is 11.2 Å². The average molecular weight is 499 g/mol. The van der Waals surface area contributed by atoms with Crippen molar-refractivity contribution in [2.24, 2.45) is 0 Å². The van der Waals surface area contributed by atoms with E-state index in [0.29, 0.717) is 23.3 Å². The van der Waals surface area contributed by atoms with Gasteiger partial charge in [0.15, 0.2) is 28.8 Å². The SMILES string of the molecule is COc1c(C)cc2c(c1O)C1C3C(=O)c4c(O)c(C)c(OC)c(OC)c4[C@H](CO)N3C(=O)C(C2)N1C. The smallest absolute Gasteiger partial charge is 0.241 e. The lowest BCUT2D eigenvalue weighted by Crippen LogP contribution is -2.68. The Morgan fingerprint density at radius 3 is 2.17 bits per heavy atom. The average Bonchev–Trinajstić information content (AvgIpc) is 2.84. The van der Waals surface area contributed by atoms with Crippen molar-refractivity contribution < 1.29 is 39.1 Å². The third kappa shape index (κ3) is 2.85. The van der Waals surface area contributed by atoms with E-state index in [1.54, 1.807) is 18.9 Å². The van der Waals surface area contributed by atoms with Crippen LogP contribution in [0.25, 0.3) is 0 Å². The second-order valence-corrected chi connectivity index (χ2v) is 9.56. The first-order valence-corrected chi connectivity index (χ1v) is 11.7. The number of methoxy groups -OCH3 is 3. The van der Waals surface area contributed by atoms with Crippen molar-refractivity contribution in [3.63, 3.8) is 0 Å². The number of fused-ring (bicyclic) bond motifs is 7. The third-order valence-corrected chi connectivity index (χ3v) is 7.96. The number of carbonyl (C=O) groups excluding carboxylic acids is 2. The number of benzene rings is 2. The van der Waals surface area contributed by atoms with Crippen LogP contribution < -0.4 is 14.2 Å². The van der Waals surface area contributed by atoms with E-state index < -0.39 is 36.6 Å². The number of aromatic hydroxyl groups is 2. The molecule has 10 heteroatoms. The van der Waals surface area contributed by atoms with Crippen molar-refractivity contribution >= 4 is 11.7 Å². The molecule has 1 saturated heterocycles. The molecule has 2 bridgehead atoms. The van der Waals surface area contributed by atoms with E-state index in [9.17, 15) is 24.9 Å². The Balaban J connectivity index is 1.83. The van der Waals surface area contributed by atoms with E-state index in [1.807, 2.05) is 13.0 Å². The zero-order valence-corrected chi connectivity index (χ0v) is 21.1. The molecule has 3 heterocycles. The topological polar surface area (TPSA) is 129 Å². The fourth-order valence-electron chi connectivity index (χ4n) is 6.40. The Labute approximate surface area is 208 Å². The molecular formula is C26H30N2O8. The van der Waals surface area contributed by atoms with Crippen LogP contribution in [0.5, 0.6) is 28.7 Å². The van der Waals surface area contributed by atoms with Gasteiger partial charge in [-0.2, -0.15) is 0 Å². The van der Waals surface area contributed by atoms with Crippen molar-refractivity contribution in [2.45, 2.75) is 44.4 Å². The van der Waals surface area contributed by atoms with E-state index in [1.165, 1.54) is 26.2 Å². The van der Waals surface area contributed by atoms with Crippen molar-refractivity contribution in [2.75, 3.05) is 35.0 Å².